The van der Waals surface area contributed by atoms with E-state index in [1.54, 1.807) is 30.0 Å². The highest BCUT2D eigenvalue weighted by atomic mass is 19.1. The van der Waals surface area contributed by atoms with Gasteiger partial charge in [-0.1, -0.05) is 12.1 Å². The summed E-state index contributed by atoms with van der Waals surface area (Å²) in [6, 6.07) is 8.18. The molecule has 6 heteroatoms. The molecule has 2 fully saturated rings. The van der Waals surface area contributed by atoms with E-state index in [4.69, 9.17) is 4.42 Å². The topological polar surface area (TPSA) is 53.8 Å². The zero-order valence-corrected chi connectivity index (χ0v) is 15.6. The van der Waals surface area contributed by atoms with Crippen LogP contribution in [0.15, 0.2) is 34.7 Å². The van der Waals surface area contributed by atoms with Gasteiger partial charge in [0, 0.05) is 32.1 Å². The highest BCUT2D eigenvalue weighted by Crippen LogP contribution is 2.48. The predicted molar refractivity (Wildman–Crippen MR) is 97.9 cm³/mol. The smallest absolute Gasteiger partial charge is 0.257 e. The standard InChI is InChI=1S/C21H23FN2O3/c1-13-11-17(14(2)27-13)20(25)23-7-9-24(10-8-23)21(26)19-12-18(19)15-3-5-16(22)6-4-15/h3-6,11,18-19H,7-10,12H2,1-2H3/t18-,19-/m1/s1. The first-order chi connectivity index (χ1) is 12.9. The zero-order valence-electron chi connectivity index (χ0n) is 15.6. The third-order valence-electron chi connectivity index (χ3n) is 5.56. The van der Waals surface area contributed by atoms with Crippen LogP contribution in [0.1, 0.15) is 39.8 Å². The normalized spacial score (nSPS) is 22.0. The lowest BCUT2D eigenvalue weighted by Gasteiger charge is -2.35. The van der Waals surface area contributed by atoms with Crippen LogP contribution < -0.4 is 0 Å². The van der Waals surface area contributed by atoms with Crippen LogP contribution in [0.3, 0.4) is 0 Å². The average Bonchev–Trinajstić information content (AvgIpc) is 3.39. The minimum atomic E-state index is -0.258. The number of halogens is 1. The molecule has 2 aliphatic rings. The highest BCUT2D eigenvalue weighted by Gasteiger charge is 2.46. The molecule has 4 rings (SSSR count). The van der Waals surface area contributed by atoms with Crippen molar-refractivity contribution in [2.75, 3.05) is 26.2 Å². The molecule has 0 N–H and O–H groups in total. The molecule has 2 aromatic rings. The number of nitrogens with zero attached hydrogens (tertiary/aromatic N) is 2. The maximum Gasteiger partial charge on any atom is 0.257 e. The number of carbonyl (C=O) groups excluding carboxylic acids is 2. The Balaban J connectivity index is 1.33. The summed E-state index contributed by atoms with van der Waals surface area (Å²) in [6.45, 7) is 5.78. The number of piperazine rings is 1. The Morgan fingerprint density at radius 1 is 1.04 bits per heavy atom. The number of benzene rings is 1. The van der Waals surface area contributed by atoms with Crippen molar-refractivity contribution in [2.45, 2.75) is 26.2 Å². The molecule has 1 aromatic carbocycles. The number of hydrogen-bond acceptors (Lipinski definition) is 3. The monoisotopic (exact) mass is 370 g/mol. The van der Waals surface area contributed by atoms with E-state index in [1.807, 2.05) is 11.8 Å². The fraction of sp³-hybridized carbons (Fsp3) is 0.429. The second kappa shape index (κ2) is 6.83. The summed E-state index contributed by atoms with van der Waals surface area (Å²) < 4.78 is 18.5. The molecule has 1 aliphatic carbocycles. The van der Waals surface area contributed by atoms with Crippen molar-refractivity contribution in [3.05, 3.63) is 58.8 Å². The van der Waals surface area contributed by atoms with Gasteiger partial charge in [-0.25, -0.2) is 4.39 Å². The van der Waals surface area contributed by atoms with E-state index >= 15 is 0 Å². The molecular formula is C21H23FN2O3. The Morgan fingerprint density at radius 3 is 2.26 bits per heavy atom. The maximum absolute atomic E-state index is 13.1. The van der Waals surface area contributed by atoms with Gasteiger partial charge in [0.2, 0.25) is 5.91 Å². The lowest BCUT2D eigenvalue weighted by atomic mass is 10.1. The van der Waals surface area contributed by atoms with Crippen molar-refractivity contribution in [1.82, 2.24) is 9.80 Å². The van der Waals surface area contributed by atoms with Crippen LogP contribution in [-0.4, -0.2) is 47.8 Å². The summed E-state index contributed by atoms with van der Waals surface area (Å²) in [5.41, 5.74) is 1.63. The third-order valence-corrected chi connectivity index (χ3v) is 5.56. The van der Waals surface area contributed by atoms with Gasteiger partial charge >= 0.3 is 0 Å². The summed E-state index contributed by atoms with van der Waals surface area (Å²) in [4.78, 5) is 29.0. The Hall–Kier alpha value is -2.63. The molecule has 142 valence electrons. The van der Waals surface area contributed by atoms with E-state index in [9.17, 15) is 14.0 Å². The molecule has 0 spiro atoms. The fourth-order valence-corrected chi connectivity index (χ4v) is 3.92. The molecular weight excluding hydrogens is 347 g/mol. The second-order valence-corrected chi connectivity index (χ2v) is 7.44. The maximum atomic E-state index is 13.1. The largest absolute Gasteiger partial charge is 0.466 e. The van der Waals surface area contributed by atoms with Gasteiger partial charge in [-0.05, 0) is 49.9 Å². The van der Waals surface area contributed by atoms with E-state index in [0.29, 0.717) is 37.5 Å². The molecule has 2 atom stereocenters. The van der Waals surface area contributed by atoms with Crippen LogP contribution in [0.2, 0.25) is 0 Å². The van der Waals surface area contributed by atoms with Gasteiger partial charge in [0.1, 0.15) is 17.3 Å². The summed E-state index contributed by atoms with van der Waals surface area (Å²) >= 11 is 0. The molecule has 0 bridgehead atoms. The van der Waals surface area contributed by atoms with Crippen molar-refractivity contribution >= 4 is 11.8 Å². The minimum Gasteiger partial charge on any atom is -0.466 e. The number of aryl methyl sites for hydroxylation is 2. The van der Waals surface area contributed by atoms with E-state index in [0.717, 1.165) is 17.7 Å². The first-order valence-corrected chi connectivity index (χ1v) is 9.34. The molecule has 1 saturated carbocycles. The molecule has 1 aliphatic heterocycles. The third kappa shape index (κ3) is 3.48. The zero-order chi connectivity index (χ0) is 19.1. The van der Waals surface area contributed by atoms with Gasteiger partial charge < -0.3 is 14.2 Å². The Morgan fingerprint density at radius 2 is 1.67 bits per heavy atom. The Kier molecular flexibility index (Phi) is 4.50. The molecule has 1 saturated heterocycles. The molecule has 1 aromatic heterocycles. The van der Waals surface area contributed by atoms with Crippen molar-refractivity contribution in [3.63, 3.8) is 0 Å². The van der Waals surface area contributed by atoms with Crippen molar-refractivity contribution in [1.29, 1.82) is 0 Å². The number of furan rings is 1. The van der Waals surface area contributed by atoms with E-state index in [-0.39, 0.29) is 29.5 Å². The van der Waals surface area contributed by atoms with Crippen molar-refractivity contribution in [2.24, 2.45) is 5.92 Å². The Labute approximate surface area is 157 Å². The average molecular weight is 370 g/mol. The number of carbonyl (C=O) groups is 2. The van der Waals surface area contributed by atoms with Crippen LogP contribution in [0.25, 0.3) is 0 Å². The SMILES string of the molecule is Cc1cc(C(=O)N2CCN(C(=O)[C@@H]3C[C@@H]3c3ccc(F)cc3)CC2)c(C)o1. The van der Waals surface area contributed by atoms with Gasteiger partial charge in [0.15, 0.2) is 0 Å². The van der Waals surface area contributed by atoms with Gasteiger partial charge in [0.05, 0.1) is 5.56 Å². The molecule has 0 radical (unpaired) electrons. The first-order valence-electron chi connectivity index (χ1n) is 9.34. The van der Waals surface area contributed by atoms with Gasteiger partial charge in [-0.2, -0.15) is 0 Å². The summed E-state index contributed by atoms with van der Waals surface area (Å²) in [7, 11) is 0. The van der Waals surface area contributed by atoms with E-state index in [2.05, 4.69) is 0 Å². The van der Waals surface area contributed by atoms with Crippen molar-refractivity contribution < 1.29 is 18.4 Å². The summed E-state index contributed by atoms with van der Waals surface area (Å²) in [5, 5.41) is 0. The summed E-state index contributed by atoms with van der Waals surface area (Å²) in [6.07, 6.45) is 0.817. The molecule has 27 heavy (non-hydrogen) atoms. The lowest BCUT2D eigenvalue weighted by molar-refractivity contribution is -0.134. The van der Waals surface area contributed by atoms with E-state index < -0.39 is 0 Å². The predicted octanol–water partition coefficient (Wildman–Crippen LogP) is 3.12. The van der Waals surface area contributed by atoms with Gasteiger partial charge in [-0.15, -0.1) is 0 Å². The highest BCUT2D eigenvalue weighted by molar-refractivity contribution is 5.95. The van der Waals surface area contributed by atoms with Gasteiger partial charge in [-0.3, -0.25) is 9.59 Å². The van der Waals surface area contributed by atoms with Gasteiger partial charge in [0.25, 0.3) is 5.91 Å². The Bertz CT molecular complexity index is 866. The first kappa shape index (κ1) is 17.8. The van der Waals surface area contributed by atoms with Crippen LogP contribution in [-0.2, 0) is 4.79 Å². The summed E-state index contributed by atoms with van der Waals surface area (Å²) in [5.74, 6) is 1.39. The molecule has 5 nitrogen and oxygen atoms in total. The number of rotatable bonds is 3. The van der Waals surface area contributed by atoms with Crippen LogP contribution >= 0.6 is 0 Å². The van der Waals surface area contributed by atoms with Crippen LogP contribution in [0.5, 0.6) is 0 Å². The van der Waals surface area contributed by atoms with Crippen molar-refractivity contribution in [3.8, 4) is 0 Å². The molecule has 2 amide bonds. The molecule has 0 unspecified atom stereocenters. The number of amides is 2. The number of hydrogen-bond donors (Lipinski definition) is 0. The van der Waals surface area contributed by atoms with E-state index in [1.165, 1.54) is 12.1 Å². The lowest BCUT2D eigenvalue weighted by Crippen LogP contribution is -2.51. The van der Waals surface area contributed by atoms with Crippen LogP contribution in [0, 0.1) is 25.6 Å². The second-order valence-electron chi connectivity index (χ2n) is 7.44. The minimum absolute atomic E-state index is 0.0171. The molecule has 2 heterocycles. The van der Waals surface area contributed by atoms with Crippen LogP contribution in [0.4, 0.5) is 4.39 Å². The fourth-order valence-electron chi connectivity index (χ4n) is 3.92. The quantitative estimate of drug-likeness (QED) is 0.834.